The largest absolute Gasteiger partial charge is 0.427 e. The molecule has 1 nitrogen and oxygen atoms in total. The first-order valence-corrected chi connectivity index (χ1v) is 2.09. The van der Waals surface area contributed by atoms with E-state index in [1.54, 1.807) is 0 Å². The van der Waals surface area contributed by atoms with Crippen molar-refractivity contribution in [1.82, 2.24) is 0 Å². The molecule has 0 atom stereocenters. The average Bonchev–Trinajstić information content (AvgIpc) is 1.54. The fourth-order valence-corrected chi connectivity index (χ4v) is 0.293. The maximum Gasteiger partial charge on any atom is 0.427 e. The van der Waals surface area contributed by atoms with Crippen LogP contribution in [0.1, 0.15) is 0 Å². The summed E-state index contributed by atoms with van der Waals surface area (Å²) < 4.78 is 67.2. The number of carbonyl (C=O) groups excluding carboxylic acids is 1. The van der Waals surface area contributed by atoms with Crippen LogP contribution in [0.3, 0.4) is 0 Å². The molecule has 0 aromatic heterocycles. The van der Waals surface area contributed by atoms with E-state index in [1.807, 2.05) is 0 Å². The van der Waals surface area contributed by atoms with Crippen LogP contribution in [0.2, 0.25) is 0 Å². The minimum atomic E-state index is -5.63. The SMILES string of the molecule is O=C(F)C(=C(F)F)C(F)(F)F. The molecule has 0 bridgehead atoms. The highest BCUT2D eigenvalue weighted by atomic mass is 19.4. The number of carbonyl (C=O) groups is 1. The first kappa shape index (κ1) is 9.99. The molecule has 11 heavy (non-hydrogen) atoms. The topological polar surface area (TPSA) is 17.1 Å². The third kappa shape index (κ3) is 2.60. The Hall–Kier alpha value is -1.01. The van der Waals surface area contributed by atoms with Gasteiger partial charge in [-0.2, -0.15) is 26.3 Å². The minimum absolute atomic E-state index is 3.04. The Morgan fingerprint density at radius 3 is 1.36 bits per heavy atom. The van der Waals surface area contributed by atoms with Gasteiger partial charge in [0.25, 0.3) is 6.08 Å². The van der Waals surface area contributed by atoms with Gasteiger partial charge in [0.1, 0.15) is 0 Å². The van der Waals surface area contributed by atoms with Gasteiger partial charge in [-0.05, 0) is 0 Å². The van der Waals surface area contributed by atoms with E-state index in [9.17, 15) is 31.1 Å². The van der Waals surface area contributed by atoms with Gasteiger partial charge in [-0.3, -0.25) is 4.79 Å². The van der Waals surface area contributed by atoms with Crippen LogP contribution in [0.15, 0.2) is 11.7 Å². The van der Waals surface area contributed by atoms with Gasteiger partial charge in [-0.15, -0.1) is 0 Å². The fraction of sp³-hybridized carbons (Fsp3) is 0.250. The van der Waals surface area contributed by atoms with Gasteiger partial charge in [0.05, 0.1) is 0 Å². The lowest BCUT2D eigenvalue weighted by Gasteiger charge is -2.03. The fourth-order valence-electron chi connectivity index (χ4n) is 0.293. The number of halogens is 6. The molecule has 0 aromatic carbocycles. The second-order valence-electron chi connectivity index (χ2n) is 1.41. The second-order valence-corrected chi connectivity index (χ2v) is 1.41. The Morgan fingerprint density at radius 2 is 1.36 bits per heavy atom. The molecule has 0 amide bonds. The maximum atomic E-state index is 11.2. The molecule has 0 spiro atoms. The van der Waals surface area contributed by atoms with Crippen LogP contribution < -0.4 is 0 Å². The Morgan fingerprint density at radius 1 is 1.00 bits per heavy atom. The zero-order valence-corrected chi connectivity index (χ0v) is 4.68. The summed E-state index contributed by atoms with van der Waals surface area (Å²) in [6.45, 7) is 0. The number of rotatable bonds is 1. The highest BCUT2D eigenvalue weighted by Gasteiger charge is 2.43. The summed E-state index contributed by atoms with van der Waals surface area (Å²) in [5, 5.41) is 0. The van der Waals surface area contributed by atoms with Crippen molar-refractivity contribution in [3.63, 3.8) is 0 Å². The summed E-state index contributed by atoms with van der Waals surface area (Å²) in [6.07, 6.45) is -9.00. The van der Waals surface area contributed by atoms with Gasteiger partial charge in [0.15, 0.2) is 5.57 Å². The van der Waals surface area contributed by atoms with Crippen molar-refractivity contribution in [3.8, 4) is 0 Å². The first-order valence-electron chi connectivity index (χ1n) is 2.09. The maximum absolute atomic E-state index is 11.2. The summed E-state index contributed by atoms with van der Waals surface area (Å²) in [5.41, 5.74) is -3.04. The van der Waals surface area contributed by atoms with E-state index in [0.717, 1.165) is 0 Å². The van der Waals surface area contributed by atoms with E-state index < -0.39 is 23.9 Å². The molecule has 0 heterocycles. The number of hydrogen-bond acceptors (Lipinski definition) is 1. The Balaban J connectivity index is 4.96. The molecule has 0 aliphatic rings. The van der Waals surface area contributed by atoms with Crippen molar-refractivity contribution in [3.05, 3.63) is 11.7 Å². The smallest absolute Gasteiger partial charge is 0.255 e. The predicted molar refractivity (Wildman–Crippen MR) is 21.4 cm³/mol. The lowest BCUT2D eigenvalue weighted by atomic mass is 10.3. The zero-order valence-electron chi connectivity index (χ0n) is 4.68. The number of hydrogen-bond donors (Lipinski definition) is 0. The molecule has 0 rings (SSSR count). The van der Waals surface area contributed by atoms with E-state index >= 15 is 0 Å². The number of allylic oxidation sites excluding steroid dienone is 1. The molecule has 64 valence electrons. The summed E-state index contributed by atoms with van der Waals surface area (Å²) in [6, 6.07) is -3.18. The standard InChI is InChI=1S/C4F6O/c5-2(6)1(3(7)11)4(8,9)10. The van der Waals surface area contributed by atoms with Crippen LogP contribution in [-0.4, -0.2) is 12.2 Å². The normalized spacial score (nSPS) is 11.1. The third-order valence-corrected chi connectivity index (χ3v) is 0.669. The average molecular weight is 178 g/mol. The summed E-state index contributed by atoms with van der Waals surface area (Å²) >= 11 is 0. The van der Waals surface area contributed by atoms with Crippen molar-refractivity contribution in [1.29, 1.82) is 0 Å². The molecule has 0 aliphatic carbocycles. The second kappa shape index (κ2) is 2.93. The summed E-state index contributed by atoms with van der Waals surface area (Å²) in [7, 11) is 0. The van der Waals surface area contributed by atoms with E-state index in [2.05, 4.69) is 0 Å². The van der Waals surface area contributed by atoms with Crippen LogP contribution >= 0.6 is 0 Å². The predicted octanol–water partition coefficient (Wildman–Crippen LogP) is 2.20. The molecule has 0 aromatic rings. The van der Waals surface area contributed by atoms with Crippen LogP contribution in [0.4, 0.5) is 26.3 Å². The Kier molecular flexibility index (Phi) is 2.66. The van der Waals surface area contributed by atoms with Crippen LogP contribution in [0.25, 0.3) is 0 Å². The molecule has 0 unspecified atom stereocenters. The lowest BCUT2D eigenvalue weighted by Crippen LogP contribution is -2.18. The monoisotopic (exact) mass is 178 g/mol. The van der Waals surface area contributed by atoms with Gasteiger partial charge in [0.2, 0.25) is 0 Å². The van der Waals surface area contributed by atoms with Crippen molar-refractivity contribution in [2.45, 2.75) is 6.18 Å². The van der Waals surface area contributed by atoms with Gasteiger partial charge in [0, 0.05) is 0 Å². The quantitative estimate of drug-likeness (QED) is 0.341. The summed E-state index contributed by atoms with van der Waals surface area (Å²) in [5.74, 6) is 0. The van der Waals surface area contributed by atoms with Gasteiger partial charge in [-0.25, -0.2) is 0 Å². The Bertz CT molecular complexity index is 197. The van der Waals surface area contributed by atoms with Gasteiger partial charge in [-0.1, -0.05) is 0 Å². The van der Waals surface area contributed by atoms with Crippen LogP contribution in [0.5, 0.6) is 0 Å². The molecule has 0 saturated heterocycles. The van der Waals surface area contributed by atoms with Gasteiger partial charge < -0.3 is 0 Å². The van der Waals surface area contributed by atoms with E-state index in [1.165, 1.54) is 0 Å². The van der Waals surface area contributed by atoms with Crippen molar-refractivity contribution in [2.24, 2.45) is 0 Å². The third-order valence-electron chi connectivity index (χ3n) is 0.669. The lowest BCUT2D eigenvalue weighted by molar-refractivity contribution is -0.139. The van der Waals surface area contributed by atoms with Crippen molar-refractivity contribution >= 4 is 6.04 Å². The molecule has 0 aliphatic heterocycles. The highest BCUT2D eigenvalue weighted by Crippen LogP contribution is 2.30. The number of alkyl halides is 3. The van der Waals surface area contributed by atoms with Crippen LogP contribution in [-0.2, 0) is 4.79 Å². The zero-order chi connectivity index (χ0) is 9.23. The van der Waals surface area contributed by atoms with E-state index in [0.29, 0.717) is 0 Å². The Labute approximate surface area is 56.3 Å². The van der Waals surface area contributed by atoms with E-state index in [-0.39, 0.29) is 0 Å². The molecule has 0 N–H and O–H groups in total. The van der Waals surface area contributed by atoms with Crippen LogP contribution in [0, 0.1) is 0 Å². The molecule has 0 fully saturated rings. The van der Waals surface area contributed by atoms with Crippen molar-refractivity contribution < 1.29 is 31.1 Å². The van der Waals surface area contributed by atoms with E-state index in [4.69, 9.17) is 0 Å². The molecule has 7 heteroatoms. The highest BCUT2D eigenvalue weighted by molar-refractivity contribution is 5.89. The molecular weight excluding hydrogens is 178 g/mol. The molecule has 0 radical (unpaired) electrons. The minimum Gasteiger partial charge on any atom is -0.255 e. The van der Waals surface area contributed by atoms with Gasteiger partial charge >= 0.3 is 12.2 Å². The molecule has 0 saturated carbocycles. The summed E-state index contributed by atoms with van der Waals surface area (Å²) in [4.78, 5) is 9.31. The van der Waals surface area contributed by atoms with Crippen molar-refractivity contribution in [2.75, 3.05) is 0 Å². The molecular formula is C4F6O. The first-order chi connectivity index (χ1) is 4.76.